The van der Waals surface area contributed by atoms with Crippen molar-refractivity contribution >= 4 is 0 Å². The standard InChI is InChI=1S/C11H23NO2/c1-3-10(2,12)8-14-9-11(13)6-4-5-7-11/h13H,3-9,12H2,1-2H3. The molecule has 1 aliphatic carbocycles. The lowest BCUT2D eigenvalue weighted by Gasteiger charge is -2.27. The maximum Gasteiger partial charge on any atom is 0.0880 e. The first-order chi connectivity index (χ1) is 6.47. The van der Waals surface area contributed by atoms with E-state index in [9.17, 15) is 5.11 Å². The molecule has 1 saturated carbocycles. The summed E-state index contributed by atoms with van der Waals surface area (Å²) in [5.74, 6) is 0. The van der Waals surface area contributed by atoms with Crippen molar-refractivity contribution in [2.45, 2.75) is 57.1 Å². The molecule has 14 heavy (non-hydrogen) atoms. The average molecular weight is 201 g/mol. The summed E-state index contributed by atoms with van der Waals surface area (Å²) in [5, 5.41) is 9.99. The van der Waals surface area contributed by atoms with E-state index in [1.165, 1.54) is 0 Å². The van der Waals surface area contributed by atoms with Crippen molar-refractivity contribution in [2.24, 2.45) is 5.73 Å². The number of aliphatic hydroxyl groups is 1. The third kappa shape index (κ3) is 3.56. The zero-order valence-corrected chi connectivity index (χ0v) is 9.38. The van der Waals surface area contributed by atoms with E-state index in [1.54, 1.807) is 0 Å². The molecule has 0 aromatic heterocycles. The highest BCUT2D eigenvalue weighted by Gasteiger charge is 2.31. The average Bonchev–Trinajstić information content (AvgIpc) is 2.52. The SMILES string of the molecule is CCC(C)(N)COCC1(O)CCCC1. The normalized spacial score (nSPS) is 24.9. The lowest BCUT2D eigenvalue weighted by Crippen LogP contribution is -2.42. The van der Waals surface area contributed by atoms with Crippen LogP contribution in [0.1, 0.15) is 46.0 Å². The van der Waals surface area contributed by atoms with Gasteiger partial charge in [0.05, 0.1) is 18.8 Å². The second-order valence-electron chi connectivity index (χ2n) is 4.93. The number of nitrogens with two attached hydrogens (primary N) is 1. The van der Waals surface area contributed by atoms with Crippen molar-refractivity contribution in [3.8, 4) is 0 Å². The number of ether oxygens (including phenoxy) is 1. The first-order valence-electron chi connectivity index (χ1n) is 5.56. The molecule has 1 atom stereocenters. The van der Waals surface area contributed by atoms with Crippen LogP contribution in [0.25, 0.3) is 0 Å². The van der Waals surface area contributed by atoms with Crippen molar-refractivity contribution in [1.82, 2.24) is 0 Å². The molecule has 0 bridgehead atoms. The van der Waals surface area contributed by atoms with Crippen LogP contribution in [0.3, 0.4) is 0 Å². The van der Waals surface area contributed by atoms with Gasteiger partial charge in [-0.05, 0) is 26.2 Å². The Labute approximate surface area is 86.6 Å². The van der Waals surface area contributed by atoms with Crippen LogP contribution >= 0.6 is 0 Å². The summed E-state index contributed by atoms with van der Waals surface area (Å²) in [6.07, 6.45) is 4.88. The summed E-state index contributed by atoms with van der Waals surface area (Å²) in [4.78, 5) is 0. The van der Waals surface area contributed by atoms with E-state index in [2.05, 4.69) is 0 Å². The van der Waals surface area contributed by atoms with E-state index in [0.717, 1.165) is 32.1 Å². The largest absolute Gasteiger partial charge is 0.387 e. The van der Waals surface area contributed by atoms with Gasteiger partial charge in [-0.3, -0.25) is 0 Å². The molecule has 3 nitrogen and oxygen atoms in total. The van der Waals surface area contributed by atoms with E-state index in [0.29, 0.717) is 13.2 Å². The fourth-order valence-corrected chi connectivity index (χ4v) is 1.75. The third-order valence-electron chi connectivity index (χ3n) is 3.14. The van der Waals surface area contributed by atoms with E-state index in [4.69, 9.17) is 10.5 Å². The molecule has 1 unspecified atom stereocenters. The molecule has 0 spiro atoms. The zero-order valence-electron chi connectivity index (χ0n) is 9.38. The van der Waals surface area contributed by atoms with Crippen LogP contribution in [-0.4, -0.2) is 29.5 Å². The van der Waals surface area contributed by atoms with Crippen LogP contribution in [0, 0.1) is 0 Å². The van der Waals surface area contributed by atoms with Crippen molar-refractivity contribution in [3.63, 3.8) is 0 Å². The maximum atomic E-state index is 9.99. The molecule has 0 aromatic rings. The minimum atomic E-state index is -0.566. The Morgan fingerprint density at radius 3 is 2.50 bits per heavy atom. The highest BCUT2D eigenvalue weighted by molar-refractivity contribution is 4.84. The Hall–Kier alpha value is -0.120. The fraction of sp³-hybridized carbons (Fsp3) is 1.00. The first-order valence-corrected chi connectivity index (χ1v) is 5.56. The fourth-order valence-electron chi connectivity index (χ4n) is 1.75. The minimum Gasteiger partial charge on any atom is -0.387 e. The van der Waals surface area contributed by atoms with Crippen LogP contribution in [0.5, 0.6) is 0 Å². The van der Waals surface area contributed by atoms with Gasteiger partial charge in [0.15, 0.2) is 0 Å². The molecule has 1 aliphatic rings. The molecular formula is C11H23NO2. The maximum absolute atomic E-state index is 9.99. The zero-order chi connectivity index (χ0) is 10.7. The summed E-state index contributed by atoms with van der Waals surface area (Å²) in [7, 11) is 0. The van der Waals surface area contributed by atoms with Gasteiger partial charge in [-0.25, -0.2) is 0 Å². The molecule has 0 aromatic carbocycles. The number of hydrogen-bond acceptors (Lipinski definition) is 3. The highest BCUT2D eigenvalue weighted by atomic mass is 16.5. The molecule has 0 aliphatic heterocycles. The second-order valence-corrected chi connectivity index (χ2v) is 4.93. The molecule has 0 heterocycles. The Bertz CT molecular complexity index is 174. The van der Waals surface area contributed by atoms with Crippen LogP contribution in [0.4, 0.5) is 0 Å². The molecule has 0 saturated heterocycles. The van der Waals surface area contributed by atoms with E-state index >= 15 is 0 Å². The Morgan fingerprint density at radius 2 is 2.00 bits per heavy atom. The molecule has 84 valence electrons. The van der Waals surface area contributed by atoms with Gasteiger partial charge in [-0.1, -0.05) is 19.8 Å². The van der Waals surface area contributed by atoms with Crippen molar-refractivity contribution in [3.05, 3.63) is 0 Å². The molecule has 1 rings (SSSR count). The smallest absolute Gasteiger partial charge is 0.0880 e. The summed E-state index contributed by atoms with van der Waals surface area (Å²) < 4.78 is 5.50. The van der Waals surface area contributed by atoms with E-state index in [1.807, 2.05) is 13.8 Å². The molecule has 0 amide bonds. The summed E-state index contributed by atoms with van der Waals surface area (Å²) in [6.45, 7) is 5.00. The predicted molar refractivity (Wildman–Crippen MR) is 57.1 cm³/mol. The van der Waals surface area contributed by atoms with E-state index < -0.39 is 5.60 Å². The lowest BCUT2D eigenvalue weighted by atomic mass is 10.0. The molecule has 1 fully saturated rings. The highest BCUT2D eigenvalue weighted by Crippen LogP contribution is 2.29. The molecular weight excluding hydrogens is 178 g/mol. The van der Waals surface area contributed by atoms with Gasteiger partial charge in [-0.2, -0.15) is 0 Å². The molecule has 0 radical (unpaired) electrons. The Balaban J connectivity index is 2.20. The summed E-state index contributed by atoms with van der Waals surface area (Å²) in [5.41, 5.74) is 5.12. The quantitative estimate of drug-likeness (QED) is 0.707. The van der Waals surface area contributed by atoms with Gasteiger partial charge in [-0.15, -0.1) is 0 Å². The monoisotopic (exact) mass is 201 g/mol. The minimum absolute atomic E-state index is 0.255. The number of rotatable bonds is 5. The third-order valence-corrected chi connectivity index (χ3v) is 3.14. The summed E-state index contributed by atoms with van der Waals surface area (Å²) >= 11 is 0. The predicted octanol–water partition coefficient (Wildman–Crippen LogP) is 1.44. The van der Waals surface area contributed by atoms with Gasteiger partial charge in [0, 0.05) is 5.54 Å². The van der Waals surface area contributed by atoms with Crippen LogP contribution < -0.4 is 5.73 Å². The van der Waals surface area contributed by atoms with Crippen LogP contribution in [0.2, 0.25) is 0 Å². The van der Waals surface area contributed by atoms with Crippen molar-refractivity contribution in [1.29, 1.82) is 0 Å². The number of hydrogen-bond donors (Lipinski definition) is 2. The Kier molecular flexibility index (Phi) is 3.93. The van der Waals surface area contributed by atoms with E-state index in [-0.39, 0.29) is 5.54 Å². The lowest BCUT2D eigenvalue weighted by molar-refractivity contribution is -0.0513. The van der Waals surface area contributed by atoms with Crippen molar-refractivity contribution in [2.75, 3.05) is 13.2 Å². The van der Waals surface area contributed by atoms with Gasteiger partial charge in [0.2, 0.25) is 0 Å². The van der Waals surface area contributed by atoms with Gasteiger partial charge in [0.25, 0.3) is 0 Å². The van der Waals surface area contributed by atoms with Crippen LogP contribution in [0.15, 0.2) is 0 Å². The summed E-state index contributed by atoms with van der Waals surface area (Å²) in [6, 6.07) is 0. The van der Waals surface area contributed by atoms with Gasteiger partial charge < -0.3 is 15.6 Å². The second kappa shape index (κ2) is 4.60. The molecule has 3 N–H and O–H groups in total. The topological polar surface area (TPSA) is 55.5 Å². The van der Waals surface area contributed by atoms with Gasteiger partial charge >= 0.3 is 0 Å². The first kappa shape index (κ1) is 12.0. The van der Waals surface area contributed by atoms with Gasteiger partial charge in [0.1, 0.15) is 0 Å². The van der Waals surface area contributed by atoms with Crippen LogP contribution in [-0.2, 0) is 4.74 Å². The Morgan fingerprint density at radius 1 is 1.43 bits per heavy atom. The van der Waals surface area contributed by atoms with Crippen molar-refractivity contribution < 1.29 is 9.84 Å². The molecule has 3 heteroatoms.